The zero-order valence-corrected chi connectivity index (χ0v) is 24.8. The summed E-state index contributed by atoms with van der Waals surface area (Å²) in [6.07, 6.45) is 8.56. The van der Waals surface area contributed by atoms with Crippen LogP contribution in [0, 0.1) is 17.8 Å². The third-order valence-electron chi connectivity index (χ3n) is 9.50. The van der Waals surface area contributed by atoms with Gasteiger partial charge in [-0.05, 0) is 93.6 Å². The van der Waals surface area contributed by atoms with Crippen LogP contribution in [0.1, 0.15) is 118 Å². The normalized spacial score (nSPS) is 35.1. The molecule has 0 aliphatic heterocycles. The molecule has 0 saturated heterocycles. The molecule has 32 heavy (non-hydrogen) atoms. The van der Waals surface area contributed by atoms with Gasteiger partial charge in [0, 0.05) is 5.41 Å². The summed E-state index contributed by atoms with van der Waals surface area (Å²) in [5.41, 5.74) is 5.52. The van der Waals surface area contributed by atoms with E-state index in [1.165, 1.54) is 43.8 Å². The fourth-order valence-electron chi connectivity index (χ4n) is 8.07. The topological polar surface area (TPSA) is 0 Å². The van der Waals surface area contributed by atoms with Crippen molar-refractivity contribution < 1.29 is 0 Å². The van der Waals surface area contributed by atoms with Crippen molar-refractivity contribution in [3.8, 4) is 0 Å². The average molecular weight is 473 g/mol. The standard InChI is InChI=1S/C30H50P2/c1-26(2,3)23-12-11-22(19-32(27(4,5)6)28(7,8)9)25(16-23)30-17-20-13-21(18-30)15-24(14-20)29(30,10)31/h11-12,16,20-21,24H,13-15,17-19,31H2,1-10H3. The fraction of sp³-hybridized carbons (Fsp3) is 0.800. The quantitative estimate of drug-likeness (QED) is 0.385. The molecule has 4 unspecified atom stereocenters. The molecule has 4 aliphatic carbocycles. The highest BCUT2D eigenvalue weighted by Gasteiger charge is 2.62. The van der Waals surface area contributed by atoms with Crippen LogP contribution >= 0.6 is 17.2 Å². The van der Waals surface area contributed by atoms with E-state index in [1.807, 2.05) is 0 Å². The van der Waals surface area contributed by atoms with E-state index in [-0.39, 0.29) is 13.3 Å². The van der Waals surface area contributed by atoms with Gasteiger partial charge in [-0.25, -0.2) is 0 Å². The van der Waals surface area contributed by atoms with Crippen LogP contribution in [0.2, 0.25) is 0 Å². The summed E-state index contributed by atoms with van der Waals surface area (Å²) in [5.74, 6) is 2.80. The van der Waals surface area contributed by atoms with Gasteiger partial charge in [0.25, 0.3) is 0 Å². The van der Waals surface area contributed by atoms with Crippen LogP contribution in [0.4, 0.5) is 0 Å². The van der Waals surface area contributed by atoms with Crippen molar-refractivity contribution in [3.63, 3.8) is 0 Å². The molecular formula is C30H50P2. The second-order valence-corrected chi connectivity index (χ2v) is 20.0. The molecule has 0 spiro atoms. The van der Waals surface area contributed by atoms with E-state index in [1.54, 1.807) is 11.1 Å². The molecule has 0 radical (unpaired) electrons. The summed E-state index contributed by atoms with van der Waals surface area (Å²) < 4.78 is 0. The predicted molar refractivity (Wildman–Crippen MR) is 149 cm³/mol. The molecule has 4 fully saturated rings. The van der Waals surface area contributed by atoms with Crippen molar-refractivity contribution in [2.45, 2.75) is 134 Å². The smallest absolute Gasteiger partial charge is 0.00519 e. The Labute approximate surface area is 203 Å². The first-order chi connectivity index (χ1) is 14.4. The molecule has 0 nitrogen and oxygen atoms in total. The molecule has 1 aromatic rings. The Morgan fingerprint density at radius 1 is 0.875 bits per heavy atom. The molecule has 2 heteroatoms. The molecule has 1 aromatic carbocycles. The predicted octanol–water partition coefficient (Wildman–Crippen LogP) is 9.27. The van der Waals surface area contributed by atoms with Crippen LogP contribution in [0.3, 0.4) is 0 Å². The maximum atomic E-state index is 3.45. The van der Waals surface area contributed by atoms with E-state index in [4.69, 9.17) is 0 Å². The Morgan fingerprint density at radius 3 is 1.88 bits per heavy atom. The van der Waals surface area contributed by atoms with Gasteiger partial charge in [0.2, 0.25) is 0 Å². The van der Waals surface area contributed by atoms with Gasteiger partial charge in [0.05, 0.1) is 0 Å². The number of hydrogen-bond donors (Lipinski definition) is 0. The molecule has 4 bridgehead atoms. The van der Waals surface area contributed by atoms with Gasteiger partial charge in [0.1, 0.15) is 0 Å². The first-order valence-electron chi connectivity index (χ1n) is 13.2. The van der Waals surface area contributed by atoms with Crippen molar-refractivity contribution in [2.75, 3.05) is 0 Å². The number of rotatable bonds is 3. The third kappa shape index (κ3) is 4.17. The first-order valence-corrected chi connectivity index (χ1v) is 15.3. The van der Waals surface area contributed by atoms with E-state index < -0.39 is 0 Å². The summed E-state index contributed by atoms with van der Waals surface area (Å²) in [6, 6.07) is 7.74. The lowest BCUT2D eigenvalue weighted by molar-refractivity contribution is -0.0357. The Hall–Kier alpha value is 0.0800. The van der Waals surface area contributed by atoms with Gasteiger partial charge in [0.15, 0.2) is 0 Å². The first kappa shape index (κ1) is 25.2. The molecular weight excluding hydrogens is 422 g/mol. The monoisotopic (exact) mass is 472 g/mol. The zero-order chi connectivity index (χ0) is 23.9. The largest absolute Gasteiger partial charge is 0.130 e. The van der Waals surface area contributed by atoms with E-state index in [0.717, 1.165) is 17.8 Å². The number of hydrogen-bond acceptors (Lipinski definition) is 0. The second kappa shape index (κ2) is 7.79. The van der Waals surface area contributed by atoms with Crippen molar-refractivity contribution in [2.24, 2.45) is 17.8 Å². The highest BCUT2D eigenvalue weighted by Crippen LogP contribution is 2.69. The van der Waals surface area contributed by atoms with Gasteiger partial charge < -0.3 is 0 Å². The summed E-state index contributed by atoms with van der Waals surface area (Å²) >= 11 is 0. The minimum absolute atomic E-state index is 0.152. The van der Waals surface area contributed by atoms with E-state index >= 15 is 0 Å². The van der Waals surface area contributed by atoms with Gasteiger partial charge in [-0.1, -0.05) is 95.4 Å². The Morgan fingerprint density at radius 2 is 1.41 bits per heavy atom. The highest BCUT2D eigenvalue weighted by molar-refractivity contribution is 7.60. The maximum Gasteiger partial charge on any atom is 0.00519 e. The molecule has 5 rings (SSSR count). The van der Waals surface area contributed by atoms with Gasteiger partial charge in [-0.15, -0.1) is 9.24 Å². The summed E-state index contributed by atoms with van der Waals surface area (Å²) in [5, 5.41) is 1.05. The minimum Gasteiger partial charge on any atom is -0.130 e. The molecule has 4 atom stereocenters. The van der Waals surface area contributed by atoms with Crippen LogP contribution in [-0.2, 0) is 17.0 Å². The minimum atomic E-state index is -0.152. The maximum absolute atomic E-state index is 3.45. The lowest BCUT2D eigenvalue weighted by Crippen LogP contribution is -2.62. The van der Waals surface area contributed by atoms with E-state index in [0.29, 0.717) is 20.9 Å². The fourth-order valence-corrected chi connectivity index (χ4v) is 12.3. The summed E-state index contributed by atoms with van der Waals surface area (Å²) in [4.78, 5) is 0. The average Bonchev–Trinajstić information content (AvgIpc) is 2.61. The Balaban J connectivity index is 1.89. The molecule has 0 heterocycles. The van der Waals surface area contributed by atoms with Gasteiger partial charge >= 0.3 is 0 Å². The molecule has 180 valence electrons. The summed E-state index contributed by atoms with van der Waals surface area (Å²) in [6.45, 7) is 24.7. The summed E-state index contributed by atoms with van der Waals surface area (Å²) in [7, 11) is 3.29. The second-order valence-electron chi connectivity index (χ2n) is 15.0. The van der Waals surface area contributed by atoms with Gasteiger partial charge in [-0.2, -0.15) is 0 Å². The SMILES string of the molecule is CC(C)(C)c1ccc(CP(C(C)(C)C)C(C)(C)C)c(C23CC4CC(CC(C4)C2(C)P)C3)c1. The van der Waals surface area contributed by atoms with Crippen molar-refractivity contribution >= 4 is 17.2 Å². The van der Waals surface area contributed by atoms with Crippen molar-refractivity contribution in [1.29, 1.82) is 0 Å². The van der Waals surface area contributed by atoms with Crippen molar-refractivity contribution in [1.82, 2.24) is 0 Å². The number of benzene rings is 1. The van der Waals surface area contributed by atoms with Crippen LogP contribution in [0.25, 0.3) is 0 Å². The highest BCUT2D eigenvalue weighted by atomic mass is 31.1. The van der Waals surface area contributed by atoms with E-state index in [9.17, 15) is 0 Å². The zero-order valence-electron chi connectivity index (χ0n) is 22.7. The van der Waals surface area contributed by atoms with Crippen LogP contribution in [-0.4, -0.2) is 15.5 Å². The van der Waals surface area contributed by atoms with Crippen molar-refractivity contribution in [3.05, 3.63) is 34.9 Å². The molecule has 0 aromatic heterocycles. The van der Waals surface area contributed by atoms with Gasteiger partial charge in [-0.3, -0.25) is 0 Å². The lowest BCUT2D eigenvalue weighted by Gasteiger charge is -2.66. The molecule has 0 amide bonds. The third-order valence-corrected chi connectivity index (χ3v) is 14.4. The van der Waals surface area contributed by atoms with Crippen LogP contribution in [0.15, 0.2) is 18.2 Å². The van der Waals surface area contributed by atoms with Crippen LogP contribution < -0.4 is 0 Å². The Bertz CT molecular complexity index is 830. The van der Waals surface area contributed by atoms with Crippen LogP contribution in [0.5, 0.6) is 0 Å². The van der Waals surface area contributed by atoms with E-state index in [2.05, 4.69) is 96.7 Å². The molecule has 4 aliphatic rings. The molecule has 4 saturated carbocycles. The Kier molecular flexibility index (Phi) is 6.13. The lowest BCUT2D eigenvalue weighted by atomic mass is 9.43. The molecule has 0 N–H and O–H groups in total.